The molecule has 0 saturated heterocycles. The number of rotatable bonds is 4. The van der Waals surface area contributed by atoms with Crippen molar-refractivity contribution in [2.75, 3.05) is 6.54 Å². The molecule has 94 valence electrons. The van der Waals surface area contributed by atoms with Gasteiger partial charge in [0, 0.05) is 10.7 Å². The summed E-state index contributed by atoms with van der Waals surface area (Å²) in [5.41, 5.74) is 7.61. The van der Waals surface area contributed by atoms with E-state index >= 15 is 0 Å². The highest BCUT2D eigenvalue weighted by Gasteiger charge is 2.04. The van der Waals surface area contributed by atoms with Gasteiger partial charge in [-0.25, -0.2) is 0 Å². The van der Waals surface area contributed by atoms with Crippen LogP contribution in [0.5, 0.6) is 11.5 Å². The van der Waals surface area contributed by atoms with Gasteiger partial charge in [-0.3, -0.25) is 4.98 Å². The van der Waals surface area contributed by atoms with Gasteiger partial charge in [-0.05, 0) is 49.7 Å². The SMILES string of the molecule is Cc1ncccc1Oc1ccc(CCN)c(Br)c1. The summed E-state index contributed by atoms with van der Waals surface area (Å²) in [6.07, 6.45) is 2.61. The number of ether oxygens (including phenoxy) is 1. The van der Waals surface area contributed by atoms with Crippen LogP contribution in [0.3, 0.4) is 0 Å². The number of nitrogens with zero attached hydrogens (tertiary/aromatic N) is 1. The Bertz CT molecular complexity index is 543. The van der Waals surface area contributed by atoms with Crippen LogP contribution < -0.4 is 10.5 Å². The lowest BCUT2D eigenvalue weighted by atomic mass is 10.1. The molecular formula is C14H15BrN2O. The third-order valence-corrected chi connectivity index (χ3v) is 3.36. The third-order valence-electron chi connectivity index (χ3n) is 2.62. The van der Waals surface area contributed by atoms with Crippen LogP contribution >= 0.6 is 15.9 Å². The Morgan fingerprint density at radius 2 is 2.17 bits per heavy atom. The van der Waals surface area contributed by atoms with E-state index in [1.54, 1.807) is 6.20 Å². The summed E-state index contributed by atoms with van der Waals surface area (Å²) >= 11 is 3.53. The van der Waals surface area contributed by atoms with Crippen molar-refractivity contribution in [1.29, 1.82) is 0 Å². The first-order valence-electron chi connectivity index (χ1n) is 5.78. The molecule has 3 nitrogen and oxygen atoms in total. The maximum absolute atomic E-state index is 5.80. The lowest BCUT2D eigenvalue weighted by Crippen LogP contribution is -2.03. The Hall–Kier alpha value is -1.39. The zero-order chi connectivity index (χ0) is 13.0. The molecule has 0 bridgehead atoms. The second-order valence-electron chi connectivity index (χ2n) is 3.98. The second-order valence-corrected chi connectivity index (χ2v) is 4.84. The van der Waals surface area contributed by atoms with E-state index in [9.17, 15) is 0 Å². The quantitative estimate of drug-likeness (QED) is 0.941. The van der Waals surface area contributed by atoms with Crippen molar-refractivity contribution in [3.8, 4) is 11.5 Å². The summed E-state index contributed by atoms with van der Waals surface area (Å²) in [6, 6.07) is 9.70. The maximum atomic E-state index is 5.80. The molecular weight excluding hydrogens is 292 g/mol. The van der Waals surface area contributed by atoms with Crippen LogP contribution in [0.1, 0.15) is 11.3 Å². The topological polar surface area (TPSA) is 48.1 Å². The van der Waals surface area contributed by atoms with Crippen LogP contribution in [-0.4, -0.2) is 11.5 Å². The number of nitrogens with two attached hydrogens (primary N) is 1. The zero-order valence-electron chi connectivity index (χ0n) is 10.2. The number of aromatic nitrogens is 1. The number of halogens is 1. The summed E-state index contributed by atoms with van der Waals surface area (Å²) in [7, 11) is 0. The van der Waals surface area contributed by atoms with E-state index in [0.29, 0.717) is 6.54 Å². The van der Waals surface area contributed by atoms with Crippen LogP contribution in [0.2, 0.25) is 0 Å². The van der Waals surface area contributed by atoms with Crippen molar-refractivity contribution in [2.45, 2.75) is 13.3 Å². The van der Waals surface area contributed by atoms with Gasteiger partial charge in [0.25, 0.3) is 0 Å². The van der Waals surface area contributed by atoms with Crippen LogP contribution in [0.4, 0.5) is 0 Å². The zero-order valence-corrected chi connectivity index (χ0v) is 11.8. The molecule has 2 rings (SSSR count). The third kappa shape index (κ3) is 3.09. The first-order valence-corrected chi connectivity index (χ1v) is 6.58. The molecule has 1 aromatic heterocycles. The highest BCUT2D eigenvalue weighted by molar-refractivity contribution is 9.10. The predicted molar refractivity (Wildman–Crippen MR) is 75.9 cm³/mol. The van der Waals surface area contributed by atoms with Crippen molar-refractivity contribution < 1.29 is 4.74 Å². The fraction of sp³-hybridized carbons (Fsp3) is 0.214. The van der Waals surface area contributed by atoms with Crippen molar-refractivity contribution in [2.24, 2.45) is 5.73 Å². The van der Waals surface area contributed by atoms with Crippen LogP contribution in [0, 0.1) is 6.92 Å². The molecule has 18 heavy (non-hydrogen) atoms. The molecule has 0 fully saturated rings. The minimum absolute atomic E-state index is 0.639. The van der Waals surface area contributed by atoms with E-state index < -0.39 is 0 Å². The molecule has 2 aromatic rings. The molecule has 0 unspecified atom stereocenters. The van der Waals surface area contributed by atoms with Crippen molar-refractivity contribution in [3.05, 3.63) is 52.3 Å². The Labute approximate surface area is 115 Å². The maximum Gasteiger partial charge on any atom is 0.148 e. The minimum atomic E-state index is 0.639. The van der Waals surface area contributed by atoms with Gasteiger partial charge < -0.3 is 10.5 Å². The number of hydrogen-bond acceptors (Lipinski definition) is 3. The second kappa shape index (κ2) is 5.98. The van der Waals surface area contributed by atoms with Gasteiger partial charge in [-0.2, -0.15) is 0 Å². The summed E-state index contributed by atoms with van der Waals surface area (Å²) in [5.74, 6) is 1.56. The summed E-state index contributed by atoms with van der Waals surface area (Å²) < 4.78 is 6.82. The van der Waals surface area contributed by atoms with E-state index in [-0.39, 0.29) is 0 Å². The molecule has 0 radical (unpaired) electrons. The van der Waals surface area contributed by atoms with Crippen LogP contribution in [0.25, 0.3) is 0 Å². The first-order chi connectivity index (χ1) is 8.70. The Morgan fingerprint density at radius 1 is 1.33 bits per heavy atom. The van der Waals surface area contributed by atoms with Gasteiger partial charge in [0.2, 0.25) is 0 Å². The highest BCUT2D eigenvalue weighted by Crippen LogP contribution is 2.28. The number of hydrogen-bond donors (Lipinski definition) is 1. The lowest BCUT2D eigenvalue weighted by molar-refractivity contribution is 0.475. The Morgan fingerprint density at radius 3 is 2.83 bits per heavy atom. The van der Waals surface area contributed by atoms with Crippen LogP contribution in [-0.2, 0) is 6.42 Å². The Kier molecular flexibility index (Phi) is 4.33. The van der Waals surface area contributed by atoms with E-state index in [4.69, 9.17) is 10.5 Å². The number of aryl methyl sites for hydroxylation is 1. The fourth-order valence-electron chi connectivity index (χ4n) is 1.65. The minimum Gasteiger partial charge on any atom is -0.455 e. The number of pyridine rings is 1. The molecule has 0 saturated carbocycles. The molecule has 2 N–H and O–H groups in total. The van der Waals surface area contributed by atoms with Gasteiger partial charge in [0.1, 0.15) is 11.5 Å². The largest absolute Gasteiger partial charge is 0.455 e. The standard InChI is InChI=1S/C14H15BrN2O/c1-10-14(3-2-8-17-10)18-12-5-4-11(6-7-16)13(15)9-12/h2-5,8-9H,6-7,16H2,1H3. The molecule has 4 heteroatoms. The van der Waals surface area contributed by atoms with Gasteiger partial charge >= 0.3 is 0 Å². The highest BCUT2D eigenvalue weighted by atomic mass is 79.9. The molecule has 0 aliphatic heterocycles. The Balaban J connectivity index is 2.20. The average molecular weight is 307 g/mol. The monoisotopic (exact) mass is 306 g/mol. The van der Waals surface area contributed by atoms with E-state index in [1.165, 1.54) is 5.56 Å². The molecule has 1 heterocycles. The summed E-state index contributed by atoms with van der Waals surface area (Å²) in [6.45, 7) is 2.56. The molecule has 0 atom stereocenters. The molecule has 0 spiro atoms. The first kappa shape index (κ1) is 13.1. The van der Waals surface area contributed by atoms with E-state index in [1.807, 2.05) is 37.3 Å². The molecule has 0 amide bonds. The van der Waals surface area contributed by atoms with Gasteiger partial charge in [0.05, 0.1) is 5.69 Å². The summed E-state index contributed by atoms with van der Waals surface area (Å²) in [4.78, 5) is 4.19. The molecule has 1 aromatic carbocycles. The molecule has 0 aliphatic carbocycles. The normalized spacial score (nSPS) is 10.4. The predicted octanol–water partition coefficient (Wildman–Crippen LogP) is 3.45. The smallest absolute Gasteiger partial charge is 0.148 e. The number of benzene rings is 1. The average Bonchev–Trinajstić information content (AvgIpc) is 2.36. The summed E-state index contributed by atoms with van der Waals surface area (Å²) in [5, 5.41) is 0. The fourth-order valence-corrected chi connectivity index (χ4v) is 2.21. The van der Waals surface area contributed by atoms with E-state index in [0.717, 1.165) is 28.1 Å². The van der Waals surface area contributed by atoms with Crippen molar-refractivity contribution in [3.63, 3.8) is 0 Å². The van der Waals surface area contributed by atoms with E-state index in [2.05, 4.69) is 20.9 Å². The van der Waals surface area contributed by atoms with Crippen LogP contribution in [0.15, 0.2) is 41.0 Å². The van der Waals surface area contributed by atoms with Gasteiger partial charge in [-0.15, -0.1) is 0 Å². The van der Waals surface area contributed by atoms with Gasteiger partial charge in [0.15, 0.2) is 0 Å². The lowest BCUT2D eigenvalue weighted by Gasteiger charge is -2.09. The molecule has 0 aliphatic rings. The van der Waals surface area contributed by atoms with Crippen molar-refractivity contribution in [1.82, 2.24) is 4.98 Å². The van der Waals surface area contributed by atoms with Crippen molar-refractivity contribution >= 4 is 15.9 Å². The van der Waals surface area contributed by atoms with Gasteiger partial charge in [-0.1, -0.05) is 22.0 Å².